The number of hydrogen-bond acceptors (Lipinski definition) is 3. The number of ether oxygens (including phenoxy) is 1. The second-order valence-electron chi connectivity index (χ2n) is 8.23. The molecule has 0 fully saturated rings. The lowest BCUT2D eigenvalue weighted by Crippen LogP contribution is -2.29. The number of unbranched alkanes of at least 4 members (excludes halogenated alkanes) is 15. The van der Waals surface area contributed by atoms with Gasteiger partial charge in [-0.2, -0.15) is 0 Å². The highest BCUT2D eigenvalue weighted by Crippen LogP contribution is 2.13. The Bertz CT molecular complexity index is 259. The topological polar surface area (TPSA) is 32.7 Å². The first-order valence-electron chi connectivity index (χ1n) is 11.6. The Balaban J connectivity index is 3.05. The van der Waals surface area contributed by atoms with Gasteiger partial charge in [0.1, 0.15) is 0 Å². The average molecular weight is 372 g/mol. The van der Waals surface area contributed by atoms with E-state index in [-0.39, 0.29) is 6.10 Å². The maximum absolute atomic E-state index is 9.28. The summed E-state index contributed by atoms with van der Waals surface area (Å²) in [6, 6.07) is 0. The Hall–Kier alpha value is -0.120. The van der Waals surface area contributed by atoms with Gasteiger partial charge in [-0.3, -0.25) is 4.90 Å². The third-order valence-corrected chi connectivity index (χ3v) is 5.03. The number of hydrogen-bond donors (Lipinski definition) is 1. The van der Waals surface area contributed by atoms with Crippen molar-refractivity contribution >= 4 is 0 Å². The van der Waals surface area contributed by atoms with Crippen molar-refractivity contribution in [3.05, 3.63) is 0 Å². The quantitative estimate of drug-likeness (QED) is 0.184. The fourth-order valence-electron chi connectivity index (χ4n) is 3.48. The number of likely N-dealkylation sites (N-methyl/N-ethyl adjacent to an activating group) is 1. The molecule has 1 N–H and O–H groups in total. The molecular formula is C23H49NO2. The van der Waals surface area contributed by atoms with Gasteiger partial charge in [0, 0.05) is 13.2 Å². The molecule has 0 aromatic rings. The minimum Gasteiger partial charge on any atom is -0.392 e. The molecule has 0 bridgehead atoms. The van der Waals surface area contributed by atoms with Crippen molar-refractivity contribution in [3.8, 4) is 0 Å². The highest BCUT2D eigenvalue weighted by atomic mass is 16.5. The summed E-state index contributed by atoms with van der Waals surface area (Å²) in [5.41, 5.74) is 0. The summed E-state index contributed by atoms with van der Waals surface area (Å²) in [7, 11) is 1.99. The Kier molecular flexibility index (Phi) is 21.1. The van der Waals surface area contributed by atoms with Gasteiger partial charge in [-0.1, -0.05) is 103 Å². The molecule has 0 aliphatic heterocycles. The number of rotatable bonds is 21. The van der Waals surface area contributed by atoms with E-state index in [4.69, 9.17) is 4.74 Å². The van der Waals surface area contributed by atoms with E-state index in [1.54, 1.807) is 0 Å². The van der Waals surface area contributed by atoms with Crippen molar-refractivity contribution in [1.82, 2.24) is 4.90 Å². The Morgan fingerprint density at radius 3 is 1.46 bits per heavy atom. The predicted molar refractivity (Wildman–Crippen MR) is 115 cm³/mol. The fraction of sp³-hybridized carbons (Fsp3) is 1.00. The predicted octanol–water partition coefficient (Wildman–Crippen LogP) is 6.53. The highest BCUT2D eigenvalue weighted by Gasteiger charge is 2.02. The lowest BCUT2D eigenvalue weighted by molar-refractivity contribution is 0.0198. The molecule has 0 radical (unpaired) electrons. The summed E-state index contributed by atoms with van der Waals surface area (Å²) >= 11 is 0. The van der Waals surface area contributed by atoms with Crippen LogP contribution in [0.5, 0.6) is 0 Å². The second kappa shape index (κ2) is 21.2. The monoisotopic (exact) mass is 371 g/mol. The Morgan fingerprint density at radius 2 is 1.08 bits per heavy atom. The van der Waals surface area contributed by atoms with Gasteiger partial charge in [0.2, 0.25) is 0 Å². The molecule has 3 nitrogen and oxygen atoms in total. The zero-order valence-corrected chi connectivity index (χ0v) is 18.3. The van der Waals surface area contributed by atoms with Crippen LogP contribution >= 0.6 is 0 Å². The molecular weight excluding hydrogens is 322 g/mol. The van der Waals surface area contributed by atoms with E-state index in [0.717, 1.165) is 6.61 Å². The molecule has 0 aromatic heterocycles. The van der Waals surface area contributed by atoms with Crippen LogP contribution in [-0.4, -0.2) is 43.0 Å². The number of nitrogens with zero attached hydrogens (tertiary/aromatic N) is 1. The number of aliphatic hydroxyl groups is 1. The minimum absolute atomic E-state index is 0.279. The van der Waals surface area contributed by atoms with Gasteiger partial charge in [0.15, 0.2) is 0 Å². The second-order valence-corrected chi connectivity index (χ2v) is 8.23. The molecule has 0 aromatic carbocycles. The molecule has 0 spiro atoms. The van der Waals surface area contributed by atoms with Crippen LogP contribution in [0.4, 0.5) is 0 Å². The maximum Gasteiger partial charge on any atom is 0.0988 e. The largest absolute Gasteiger partial charge is 0.392 e. The lowest BCUT2D eigenvalue weighted by Gasteiger charge is -2.18. The molecule has 0 rings (SSSR count). The van der Waals surface area contributed by atoms with Gasteiger partial charge < -0.3 is 9.84 Å². The van der Waals surface area contributed by atoms with E-state index in [1.807, 2.05) is 18.9 Å². The first-order valence-corrected chi connectivity index (χ1v) is 11.6. The molecule has 0 heterocycles. The third kappa shape index (κ3) is 21.9. The van der Waals surface area contributed by atoms with Crippen molar-refractivity contribution in [2.75, 3.05) is 26.9 Å². The van der Waals surface area contributed by atoms with Crippen molar-refractivity contribution < 1.29 is 9.84 Å². The van der Waals surface area contributed by atoms with Gasteiger partial charge in [-0.05, 0) is 20.4 Å². The SMILES string of the molecule is CCCCCCCCCCCCCCCCCCOCN(C)CC(C)O. The smallest absolute Gasteiger partial charge is 0.0988 e. The Morgan fingerprint density at radius 1 is 0.692 bits per heavy atom. The van der Waals surface area contributed by atoms with Crippen LogP contribution in [0.1, 0.15) is 117 Å². The zero-order valence-electron chi connectivity index (χ0n) is 18.3. The lowest BCUT2D eigenvalue weighted by atomic mass is 10.0. The fourth-order valence-corrected chi connectivity index (χ4v) is 3.48. The maximum atomic E-state index is 9.28. The van der Waals surface area contributed by atoms with E-state index in [1.165, 1.54) is 103 Å². The normalized spacial score (nSPS) is 12.8. The molecule has 1 unspecified atom stereocenters. The standard InChI is InChI=1S/C23H49NO2/c1-4-5-6-7-8-9-10-11-12-13-14-15-16-17-18-19-20-26-22-24(3)21-23(2)25/h23,25H,4-22H2,1-3H3. The molecule has 0 saturated carbocycles. The molecule has 0 amide bonds. The van der Waals surface area contributed by atoms with E-state index in [2.05, 4.69) is 6.92 Å². The minimum atomic E-state index is -0.279. The highest BCUT2D eigenvalue weighted by molar-refractivity contribution is 4.52. The van der Waals surface area contributed by atoms with Gasteiger partial charge in [-0.15, -0.1) is 0 Å². The first-order chi connectivity index (χ1) is 12.7. The van der Waals surface area contributed by atoms with Crippen molar-refractivity contribution in [3.63, 3.8) is 0 Å². The summed E-state index contributed by atoms with van der Waals surface area (Å²) in [6.45, 7) is 6.26. The van der Waals surface area contributed by atoms with Crippen LogP contribution in [0.15, 0.2) is 0 Å². The van der Waals surface area contributed by atoms with E-state index in [9.17, 15) is 5.11 Å². The molecule has 158 valence electrons. The third-order valence-electron chi connectivity index (χ3n) is 5.03. The van der Waals surface area contributed by atoms with E-state index in [0.29, 0.717) is 13.3 Å². The van der Waals surface area contributed by atoms with Gasteiger partial charge >= 0.3 is 0 Å². The summed E-state index contributed by atoms with van der Waals surface area (Å²) in [5.74, 6) is 0. The van der Waals surface area contributed by atoms with Crippen molar-refractivity contribution in [2.45, 2.75) is 123 Å². The summed E-state index contributed by atoms with van der Waals surface area (Å²) < 4.78 is 5.63. The van der Waals surface area contributed by atoms with Crippen LogP contribution in [0.25, 0.3) is 0 Å². The zero-order chi connectivity index (χ0) is 19.3. The Labute approximate surface area is 164 Å². The molecule has 3 heteroatoms. The summed E-state index contributed by atoms with van der Waals surface area (Å²) in [6.07, 6.45) is 22.2. The molecule has 26 heavy (non-hydrogen) atoms. The first kappa shape index (κ1) is 25.9. The van der Waals surface area contributed by atoms with Crippen molar-refractivity contribution in [1.29, 1.82) is 0 Å². The molecule has 0 aliphatic rings. The van der Waals surface area contributed by atoms with Crippen LogP contribution in [-0.2, 0) is 4.74 Å². The summed E-state index contributed by atoms with van der Waals surface area (Å²) in [5, 5.41) is 9.28. The summed E-state index contributed by atoms with van der Waals surface area (Å²) in [4.78, 5) is 2.02. The van der Waals surface area contributed by atoms with Gasteiger partial charge in [-0.25, -0.2) is 0 Å². The van der Waals surface area contributed by atoms with Crippen LogP contribution in [0.2, 0.25) is 0 Å². The molecule has 0 saturated heterocycles. The number of aliphatic hydroxyl groups excluding tert-OH is 1. The van der Waals surface area contributed by atoms with Gasteiger partial charge in [0.05, 0.1) is 12.8 Å². The average Bonchev–Trinajstić information content (AvgIpc) is 2.60. The van der Waals surface area contributed by atoms with E-state index < -0.39 is 0 Å². The molecule has 0 aliphatic carbocycles. The van der Waals surface area contributed by atoms with Gasteiger partial charge in [0.25, 0.3) is 0 Å². The van der Waals surface area contributed by atoms with E-state index >= 15 is 0 Å². The van der Waals surface area contributed by atoms with Crippen LogP contribution in [0, 0.1) is 0 Å². The van der Waals surface area contributed by atoms with Crippen LogP contribution < -0.4 is 0 Å². The van der Waals surface area contributed by atoms with Crippen LogP contribution in [0.3, 0.4) is 0 Å². The van der Waals surface area contributed by atoms with Crippen molar-refractivity contribution in [2.24, 2.45) is 0 Å². The molecule has 1 atom stereocenters.